The standard InChI is InChI=1S/C14H10N2O/c15-8-12-3-1-11(2-4-12)7-14-9-16-6-5-13(14)10-17/h1-6,9-10H,7H2. The first kappa shape index (κ1) is 11.0. The smallest absolute Gasteiger partial charge is 0.150 e. The molecule has 2 aromatic rings. The number of pyridine rings is 1. The molecule has 82 valence electrons. The van der Waals surface area contributed by atoms with Gasteiger partial charge in [-0.3, -0.25) is 9.78 Å². The molecule has 0 atom stereocenters. The highest BCUT2D eigenvalue weighted by Crippen LogP contribution is 2.12. The van der Waals surface area contributed by atoms with Crippen molar-refractivity contribution in [3.05, 3.63) is 65.0 Å². The van der Waals surface area contributed by atoms with Gasteiger partial charge in [0, 0.05) is 18.0 Å². The van der Waals surface area contributed by atoms with Crippen molar-refractivity contribution in [3.63, 3.8) is 0 Å². The molecule has 0 bridgehead atoms. The van der Waals surface area contributed by atoms with Crippen LogP contribution in [0.5, 0.6) is 0 Å². The van der Waals surface area contributed by atoms with Crippen LogP contribution in [-0.2, 0) is 6.42 Å². The van der Waals surface area contributed by atoms with Crippen molar-refractivity contribution in [1.29, 1.82) is 5.26 Å². The van der Waals surface area contributed by atoms with E-state index in [-0.39, 0.29) is 0 Å². The molecule has 1 aromatic heterocycles. The molecule has 0 saturated carbocycles. The third kappa shape index (κ3) is 2.56. The number of carbonyl (C=O) groups is 1. The van der Waals surface area contributed by atoms with E-state index in [0.29, 0.717) is 17.5 Å². The molecule has 0 saturated heterocycles. The van der Waals surface area contributed by atoms with E-state index in [9.17, 15) is 4.79 Å². The summed E-state index contributed by atoms with van der Waals surface area (Å²) in [7, 11) is 0. The molecule has 1 heterocycles. The summed E-state index contributed by atoms with van der Waals surface area (Å²) in [6, 6.07) is 11.1. The zero-order valence-corrected chi connectivity index (χ0v) is 9.13. The lowest BCUT2D eigenvalue weighted by molar-refractivity contribution is 0.112. The summed E-state index contributed by atoms with van der Waals surface area (Å²) >= 11 is 0. The monoisotopic (exact) mass is 222 g/mol. The third-order valence-electron chi connectivity index (χ3n) is 2.55. The van der Waals surface area contributed by atoms with E-state index in [1.807, 2.05) is 12.1 Å². The molecule has 0 aliphatic rings. The van der Waals surface area contributed by atoms with Gasteiger partial charge in [-0.05, 0) is 35.7 Å². The van der Waals surface area contributed by atoms with Crippen molar-refractivity contribution in [3.8, 4) is 6.07 Å². The Labute approximate surface area is 99.4 Å². The minimum Gasteiger partial charge on any atom is -0.298 e. The Morgan fingerprint density at radius 1 is 1.24 bits per heavy atom. The molecule has 0 amide bonds. The number of carbonyl (C=O) groups excluding carboxylic acids is 1. The number of benzene rings is 1. The summed E-state index contributed by atoms with van der Waals surface area (Å²) in [6.07, 6.45) is 4.78. The highest BCUT2D eigenvalue weighted by atomic mass is 16.1. The van der Waals surface area contributed by atoms with Crippen molar-refractivity contribution < 1.29 is 4.79 Å². The number of rotatable bonds is 3. The summed E-state index contributed by atoms with van der Waals surface area (Å²) < 4.78 is 0. The molecule has 0 spiro atoms. The maximum atomic E-state index is 10.8. The molecule has 0 fully saturated rings. The predicted molar refractivity (Wildman–Crippen MR) is 63.6 cm³/mol. The van der Waals surface area contributed by atoms with Crippen LogP contribution < -0.4 is 0 Å². The number of nitriles is 1. The molecule has 0 unspecified atom stereocenters. The predicted octanol–water partition coefficient (Wildman–Crippen LogP) is 2.36. The van der Waals surface area contributed by atoms with Crippen LogP contribution in [0.1, 0.15) is 27.0 Å². The number of nitrogens with zero attached hydrogens (tertiary/aromatic N) is 2. The van der Waals surface area contributed by atoms with Gasteiger partial charge >= 0.3 is 0 Å². The van der Waals surface area contributed by atoms with Gasteiger partial charge in [0.1, 0.15) is 6.29 Å². The Morgan fingerprint density at radius 3 is 2.65 bits per heavy atom. The van der Waals surface area contributed by atoms with Crippen molar-refractivity contribution in [2.75, 3.05) is 0 Å². The Hall–Kier alpha value is -2.47. The zero-order valence-electron chi connectivity index (χ0n) is 9.13. The van der Waals surface area contributed by atoms with Crippen LogP contribution in [0.2, 0.25) is 0 Å². The first-order chi connectivity index (χ1) is 8.33. The van der Waals surface area contributed by atoms with E-state index in [1.165, 1.54) is 0 Å². The minimum atomic E-state index is 0.635. The number of aromatic nitrogens is 1. The van der Waals surface area contributed by atoms with E-state index in [1.54, 1.807) is 30.6 Å². The first-order valence-corrected chi connectivity index (χ1v) is 5.20. The maximum absolute atomic E-state index is 10.8. The van der Waals surface area contributed by atoms with Crippen LogP contribution in [0.15, 0.2) is 42.7 Å². The van der Waals surface area contributed by atoms with Crippen LogP contribution in [0.3, 0.4) is 0 Å². The summed E-state index contributed by atoms with van der Waals surface area (Å²) in [5, 5.41) is 8.69. The lowest BCUT2D eigenvalue weighted by atomic mass is 10.0. The normalized spacial score (nSPS) is 9.59. The number of aldehydes is 1. The summed E-state index contributed by atoms with van der Waals surface area (Å²) in [5.74, 6) is 0. The Bertz CT molecular complexity index is 568. The van der Waals surface area contributed by atoms with Crippen molar-refractivity contribution >= 4 is 6.29 Å². The minimum absolute atomic E-state index is 0.635. The average Bonchev–Trinajstić information content (AvgIpc) is 2.40. The van der Waals surface area contributed by atoms with Crippen molar-refractivity contribution in [1.82, 2.24) is 4.98 Å². The molecule has 17 heavy (non-hydrogen) atoms. The molecule has 0 aliphatic carbocycles. The zero-order chi connectivity index (χ0) is 12.1. The van der Waals surface area contributed by atoms with Gasteiger partial charge in [-0.25, -0.2) is 0 Å². The summed E-state index contributed by atoms with van der Waals surface area (Å²) in [6.45, 7) is 0. The van der Waals surface area contributed by atoms with Gasteiger partial charge in [0.15, 0.2) is 0 Å². The molecular weight excluding hydrogens is 212 g/mol. The SMILES string of the molecule is N#Cc1ccc(Cc2cnccc2C=O)cc1. The van der Waals surface area contributed by atoms with Gasteiger partial charge in [0.25, 0.3) is 0 Å². The van der Waals surface area contributed by atoms with Crippen LogP contribution in [0, 0.1) is 11.3 Å². The van der Waals surface area contributed by atoms with E-state index in [4.69, 9.17) is 5.26 Å². The van der Waals surface area contributed by atoms with Crippen molar-refractivity contribution in [2.45, 2.75) is 6.42 Å². The van der Waals surface area contributed by atoms with Crippen LogP contribution in [-0.4, -0.2) is 11.3 Å². The van der Waals surface area contributed by atoms with Crippen LogP contribution in [0.25, 0.3) is 0 Å². The molecule has 0 N–H and O–H groups in total. The highest BCUT2D eigenvalue weighted by Gasteiger charge is 2.02. The first-order valence-electron chi connectivity index (χ1n) is 5.20. The second-order valence-electron chi connectivity index (χ2n) is 3.68. The molecule has 3 nitrogen and oxygen atoms in total. The van der Waals surface area contributed by atoms with Gasteiger partial charge in [-0.15, -0.1) is 0 Å². The van der Waals surface area contributed by atoms with Gasteiger partial charge < -0.3 is 0 Å². The van der Waals surface area contributed by atoms with E-state index < -0.39 is 0 Å². The molecule has 3 heteroatoms. The number of hydrogen-bond acceptors (Lipinski definition) is 3. The van der Waals surface area contributed by atoms with E-state index in [0.717, 1.165) is 17.4 Å². The van der Waals surface area contributed by atoms with Gasteiger partial charge in [0.05, 0.1) is 11.6 Å². The second kappa shape index (κ2) is 5.04. The Balaban J connectivity index is 2.25. The lowest BCUT2D eigenvalue weighted by Gasteiger charge is -2.04. The largest absolute Gasteiger partial charge is 0.298 e. The maximum Gasteiger partial charge on any atom is 0.150 e. The fraction of sp³-hybridized carbons (Fsp3) is 0.0714. The highest BCUT2D eigenvalue weighted by molar-refractivity contribution is 5.77. The summed E-state index contributed by atoms with van der Waals surface area (Å²) in [4.78, 5) is 14.9. The molecule has 1 aromatic carbocycles. The van der Waals surface area contributed by atoms with Crippen molar-refractivity contribution in [2.24, 2.45) is 0 Å². The Morgan fingerprint density at radius 2 is 2.00 bits per heavy atom. The Kier molecular flexibility index (Phi) is 3.27. The molecule has 0 aliphatic heterocycles. The lowest BCUT2D eigenvalue weighted by Crippen LogP contribution is -1.95. The third-order valence-corrected chi connectivity index (χ3v) is 2.55. The van der Waals surface area contributed by atoms with Gasteiger partial charge in [-0.2, -0.15) is 5.26 Å². The molecular formula is C14H10N2O. The number of hydrogen-bond donors (Lipinski definition) is 0. The van der Waals surface area contributed by atoms with E-state index in [2.05, 4.69) is 11.1 Å². The van der Waals surface area contributed by atoms with E-state index >= 15 is 0 Å². The van der Waals surface area contributed by atoms with Crippen LogP contribution >= 0.6 is 0 Å². The van der Waals surface area contributed by atoms with Crippen LogP contribution in [0.4, 0.5) is 0 Å². The fourth-order valence-electron chi connectivity index (χ4n) is 1.62. The average molecular weight is 222 g/mol. The topological polar surface area (TPSA) is 53.8 Å². The summed E-state index contributed by atoms with van der Waals surface area (Å²) in [5.41, 5.74) is 3.24. The second-order valence-corrected chi connectivity index (χ2v) is 3.68. The molecule has 2 rings (SSSR count). The fourth-order valence-corrected chi connectivity index (χ4v) is 1.62. The van der Waals surface area contributed by atoms with Gasteiger partial charge in [-0.1, -0.05) is 12.1 Å². The quantitative estimate of drug-likeness (QED) is 0.749. The van der Waals surface area contributed by atoms with Gasteiger partial charge in [0.2, 0.25) is 0 Å². The molecule has 0 radical (unpaired) electrons.